The fraction of sp³-hybridized carbons (Fsp3) is 0.500. The van der Waals surface area contributed by atoms with Gasteiger partial charge in [0.15, 0.2) is 0 Å². The standard InChI is InChI=1S/C18H22N2O4/c1-12-4-6-15(7-5-12)20-11-14(9-16(20)21)17(22)19-8-2-3-13(10-19)18(23)24/h4-7,13-14H,2-3,8-11H2,1H3,(H,23,24)/t13-,14+/m1/s1. The van der Waals surface area contributed by atoms with E-state index in [4.69, 9.17) is 5.11 Å². The van der Waals surface area contributed by atoms with Gasteiger partial charge in [0, 0.05) is 31.7 Å². The van der Waals surface area contributed by atoms with Crippen LogP contribution in [0.3, 0.4) is 0 Å². The number of hydrogen-bond acceptors (Lipinski definition) is 3. The zero-order chi connectivity index (χ0) is 17.3. The highest BCUT2D eigenvalue weighted by atomic mass is 16.4. The van der Waals surface area contributed by atoms with Gasteiger partial charge in [0.05, 0.1) is 11.8 Å². The number of amides is 2. The number of anilines is 1. The molecule has 3 rings (SSSR count). The van der Waals surface area contributed by atoms with Crippen LogP contribution in [0.1, 0.15) is 24.8 Å². The fourth-order valence-corrected chi connectivity index (χ4v) is 3.48. The van der Waals surface area contributed by atoms with Crippen molar-refractivity contribution < 1.29 is 19.5 Å². The van der Waals surface area contributed by atoms with Crippen molar-refractivity contribution in [2.45, 2.75) is 26.2 Å². The van der Waals surface area contributed by atoms with Crippen molar-refractivity contribution >= 4 is 23.5 Å². The van der Waals surface area contributed by atoms with Crippen molar-refractivity contribution in [2.24, 2.45) is 11.8 Å². The van der Waals surface area contributed by atoms with Crippen LogP contribution < -0.4 is 4.90 Å². The van der Waals surface area contributed by atoms with Gasteiger partial charge in [0.2, 0.25) is 11.8 Å². The summed E-state index contributed by atoms with van der Waals surface area (Å²) in [5.74, 6) is -1.87. The van der Waals surface area contributed by atoms with E-state index in [-0.39, 0.29) is 30.7 Å². The van der Waals surface area contributed by atoms with Gasteiger partial charge in [-0.2, -0.15) is 0 Å². The number of piperidine rings is 1. The number of nitrogens with zero attached hydrogens (tertiary/aromatic N) is 2. The second-order valence-electron chi connectivity index (χ2n) is 6.70. The summed E-state index contributed by atoms with van der Waals surface area (Å²) in [6, 6.07) is 7.67. The molecule has 0 aliphatic carbocycles. The third-order valence-corrected chi connectivity index (χ3v) is 4.90. The number of carbonyl (C=O) groups is 3. The average molecular weight is 330 g/mol. The first-order valence-electron chi connectivity index (χ1n) is 8.34. The predicted molar refractivity (Wildman–Crippen MR) is 88.6 cm³/mol. The SMILES string of the molecule is Cc1ccc(N2C[C@@H](C(=O)N3CCC[C@@H](C(=O)O)C3)CC2=O)cc1. The number of benzene rings is 1. The molecule has 0 saturated carbocycles. The molecule has 0 unspecified atom stereocenters. The van der Waals surface area contributed by atoms with Crippen molar-refractivity contribution in [3.8, 4) is 0 Å². The van der Waals surface area contributed by atoms with Gasteiger partial charge in [-0.3, -0.25) is 14.4 Å². The minimum Gasteiger partial charge on any atom is -0.481 e. The van der Waals surface area contributed by atoms with E-state index in [2.05, 4.69) is 0 Å². The normalized spacial score (nSPS) is 24.3. The minimum atomic E-state index is -0.851. The first-order chi connectivity index (χ1) is 11.5. The van der Waals surface area contributed by atoms with Gasteiger partial charge in [-0.25, -0.2) is 0 Å². The molecule has 2 fully saturated rings. The summed E-state index contributed by atoms with van der Waals surface area (Å²) in [5, 5.41) is 9.16. The molecule has 128 valence electrons. The summed E-state index contributed by atoms with van der Waals surface area (Å²) in [5.41, 5.74) is 1.93. The molecule has 1 N–H and O–H groups in total. The summed E-state index contributed by atoms with van der Waals surface area (Å²) < 4.78 is 0. The van der Waals surface area contributed by atoms with E-state index in [1.54, 1.807) is 9.80 Å². The van der Waals surface area contributed by atoms with Crippen molar-refractivity contribution in [1.29, 1.82) is 0 Å². The summed E-state index contributed by atoms with van der Waals surface area (Å²) in [7, 11) is 0. The number of carboxylic acids is 1. The molecule has 0 spiro atoms. The zero-order valence-corrected chi connectivity index (χ0v) is 13.8. The third kappa shape index (κ3) is 3.27. The van der Waals surface area contributed by atoms with Crippen molar-refractivity contribution in [2.75, 3.05) is 24.5 Å². The van der Waals surface area contributed by atoms with E-state index in [1.165, 1.54) is 0 Å². The molecule has 2 saturated heterocycles. The molecule has 1 aromatic rings. The van der Waals surface area contributed by atoms with Crippen LogP contribution in [0, 0.1) is 18.8 Å². The van der Waals surface area contributed by atoms with Crippen molar-refractivity contribution in [1.82, 2.24) is 4.90 Å². The predicted octanol–water partition coefficient (Wildman–Crippen LogP) is 1.67. The zero-order valence-electron chi connectivity index (χ0n) is 13.8. The third-order valence-electron chi connectivity index (χ3n) is 4.90. The molecule has 0 bridgehead atoms. The van der Waals surface area contributed by atoms with Gasteiger partial charge in [0.1, 0.15) is 0 Å². The average Bonchev–Trinajstić information content (AvgIpc) is 2.97. The monoisotopic (exact) mass is 330 g/mol. The summed E-state index contributed by atoms with van der Waals surface area (Å²) in [6.45, 7) is 3.19. The maximum Gasteiger partial charge on any atom is 0.308 e. The van der Waals surface area contributed by atoms with Crippen LogP contribution >= 0.6 is 0 Å². The van der Waals surface area contributed by atoms with Gasteiger partial charge >= 0.3 is 5.97 Å². The van der Waals surface area contributed by atoms with Gasteiger partial charge < -0.3 is 14.9 Å². The largest absolute Gasteiger partial charge is 0.481 e. The van der Waals surface area contributed by atoms with Crippen LogP contribution in [0.2, 0.25) is 0 Å². The molecule has 2 amide bonds. The van der Waals surface area contributed by atoms with Crippen molar-refractivity contribution in [3.63, 3.8) is 0 Å². The number of carbonyl (C=O) groups excluding carboxylic acids is 2. The Morgan fingerprint density at radius 2 is 1.83 bits per heavy atom. The van der Waals surface area contributed by atoms with Crippen LogP contribution in [0.25, 0.3) is 0 Å². The highest BCUT2D eigenvalue weighted by Crippen LogP contribution is 2.28. The van der Waals surface area contributed by atoms with Gasteiger partial charge in [-0.15, -0.1) is 0 Å². The van der Waals surface area contributed by atoms with Crippen LogP contribution in [-0.2, 0) is 14.4 Å². The molecule has 6 heteroatoms. The summed E-state index contributed by atoms with van der Waals surface area (Å²) >= 11 is 0. The molecule has 2 atom stereocenters. The van der Waals surface area contributed by atoms with E-state index < -0.39 is 11.9 Å². The van der Waals surface area contributed by atoms with Gasteiger partial charge in [-0.1, -0.05) is 17.7 Å². The second kappa shape index (κ2) is 6.63. The molecule has 0 aromatic heterocycles. The Bertz CT molecular complexity index is 655. The Morgan fingerprint density at radius 1 is 1.12 bits per heavy atom. The maximum atomic E-state index is 12.7. The topological polar surface area (TPSA) is 77.9 Å². The lowest BCUT2D eigenvalue weighted by Crippen LogP contribution is -2.45. The lowest BCUT2D eigenvalue weighted by atomic mass is 9.96. The number of aliphatic carboxylic acids is 1. The van der Waals surface area contributed by atoms with Crippen LogP contribution in [0.15, 0.2) is 24.3 Å². The Labute approximate surface area is 141 Å². The quantitative estimate of drug-likeness (QED) is 0.914. The minimum absolute atomic E-state index is 0.0519. The molecular weight excluding hydrogens is 308 g/mol. The molecule has 6 nitrogen and oxygen atoms in total. The number of aryl methyl sites for hydroxylation is 1. The summed E-state index contributed by atoms with van der Waals surface area (Å²) in [4.78, 5) is 39.4. The fourth-order valence-electron chi connectivity index (χ4n) is 3.48. The first-order valence-corrected chi connectivity index (χ1v) is 8.34. The number of hydrogen-bond donors (Lipinski definition) is 1. The molecular formula is C18H22N2O4. The number of rotatable bonds is 3. The maximum absolute atomic E-state index is 12.7. The highest BCUT2D eigenvalue weighted by molar-refractivity contribution is 6.00. The smallest absolute Gasteiger partial charge is 0.308 e. The molecule has 24 heavy (non-hydrogen) atoms. The van der Waals surface area contributed by atoms with E-state index in [0.29, 0.717) is 25.9 Å². The number of likely N-dealkylation sites (tertiary alicyclic amines) is 1. The Kier molecular flexibility index (Phi) is 4.55. The van der Waals surface area contributed by atoms with Crippen LogP contribution in [0.4, 0.5) is 5.69 Å². The lowest BCUT2D eigenvalue weighted by molar-refractivity contribution is -0.146. The molecule has 2 aliphatic heterocycles. The van der Waals surface area contributed by atoms with E-state index in [9.17, 15) is 14.4 Å². The molecule has 2 heterocycles. The van der Waals surface area contributed by atoms with Crippen molar-refractivity contribution in [3.05, 3.63) is 29.8 Å². The Balaban J connectivity index is 1.67. The van der Waals surface area contributed by atoms with Crippen LogP contribution in [-0.4, -0.2) is 47.4 Å². The first kappa shape index (κ1) is 16.5. The van der Waals surface area contributed by atoms with Gasteiger partial charge in [-0.05, 0) is 31.9 Å². The Morgan fingerprint density at radius 3 is 2.50 bits per heavy atom. The van der Waals surface area contributed by atoms with E-state index in [0.717, 1.165) is 11.3 Å². The van der Waals surface area contributed by atoms with E-state index in [1.807, 2.05) is 31.2 Å². The lowest BCUT2D eigenvalue weighted by Gasteiger charge is -2.32. The molecule has 1 aromatic carbocycles. The molecule has 0 radical (unpaired) electrons. The second-order valence-corrected chi connectivity index (χ2v) is 6.70. The van der Waals surface area contributed by atoms with Gasteiger partial charge in [0.25, 0.3) is 0 Å². The van der Waals surface area contributed by atoms with E-state index >= 15 is 0 Å². The Hall–Kier alpha value is -2.37. The summed E-state index contributed by atoms with van der Waals surface area (Å²) in [6.07, 6.45) is 1.50. The highest BCUT2D eigenvalue weighted by Gasteiger charge is 2.39. The van der Waals surface area contributed by atoms with Crippen LogP contribution in [0.5, 0.6) is 0 Å². The molecule has 2 aliphatic rings. The number of carboxylic acid groups (broad SMARTS) is 1.